The number of likely N-dealkylation sites (tertiary alicyclic amines) is 1. The van der Waals surface area contributed by atoms with Crippen LogP contribution in [-0.2, 0) is 22.6 Å². The number of nitrogens with one attached hydrogen (secondary N) is 1. The van der Waals surface area contributed by atoms with Crippen LogP contribution in [-0.4, -0.2) is 52.0 Å². The van der Waals surface area contributed by atoms with Gasteiger partial charge in [0, 0.05) is 25.6 Å². The Hall–Kier alpha value is -3.08. The first-order valence-corrected chi connectivity index (χ1v) is 9.13. The number of amides is 2. The molecule has 1 fully saturated rings. The summed E-state index contributed by atoms with van der Waals surface area (Å²) in [5.74, 6) is -0.851. The third-order valence-corrected chi connectivity index (χ3v) is 4.53. The van der Waals surface area contributed by atoms with Crippen LogP contribution in [0.15, 0.2) is 34.9 Å². The number of hydrogen-bond donors (Lipinski definition) is 2. The van der Waals surface area contributed by atoms with Crippen LogP contribution in [0.3, 0.4) is 0 Å². The molecule has 11 heteroatoms. The molecular weight excluding hydrogens is 407 g/mol. The fourth-order valence-corrected chi connectivity index (χ4v) is 3.20. The first-order valence-electron chi connectivity index (χ1n) is 9.13. The minimum absolute atomic E-state index is 0.0213. The summed E-state index contributed by atoms with van der Waals surface area (Å²) in [6.45, 7) is 1.78. The zero-order chi connectivity index (χ0) is 21.9. The Labute approximate surface area is 169 Å². The van der Waals surface area contributed by atoms with Gasteiger partial charge in [0.15, 0.2) is 0 Å². The maximum Gasteiger partial charge on any atom is 0.573 e. The molecule has 0 saturated carbocycles. The SMILES string of the molecule is Cc1cc(CC(=O)N2C[C@H](O)C[C@H]2C(=O)NCc2ccc(OC(F)(F)F)cc2)on1. The highest BCUT2D eigenvalue weighted by Crippen LogP contribution is 2.23. The van der Waals surface area contributed by atoms with E-state index in [1.165, 1.54) is 17.0 Å². The van der Waals surface area contributed by atoms with E-state index < -0.39 is 24.4 Å². The lowest BCUT2D eigenvalue weighted by Gasteiger charge is -2.23. The van der Waals surface area contributed by atoms with Crippen molar-refractivity contribution < 1.29 is 37.1 Å². The first kappa shape index (κ1) is 21.6. The molecule has 2 heterocycles. The second-order valence-corrected chi connectivity index (χ2v) is 6.97. The Morgan fingerprint density at radius 3 is 2.63 bits per heavy atom. The highest BCUT2D eigenvalue weighted by Gasteiger charge is 2.39. The molecule has 3 rings (SSSR count). The van der Waals surface area contributed by atoms with Crippen LogP contribution in [0.25, 0.3) is 0 Å². The summed E-state index contributed by atoms with van der Waals surface area (Å²) in [7, 11) is 0. The summed E-state index contributed by atoms with van der Waals surface area (Å²) in [6.07, 6.45) is -5.61. The highest BCUT2D eigenvalue weighted by molar-refractivity contribution is 5.89. The van der Waals surface area contributed by atoms with Gasteiger partial charge in [0.05, 0.1) is 18.2 Å². The van der Waals surface area contributed by atoms with E-state index in [2.05, 4.69) is 15.2 Å². The summed E-state index contributed by atoms with van der Waals surface area (Å²) in [6, 6.07) is 5.82. The molecule has 8 nitrogen and oxygen atoms in total. The number of aryl methyl sites for hydroxylation is 1. The van der Waals surface area contributed by atoms with Crippen molar-refractivity contribution in [1.29, 1.82) is 0 Å². The van der Waals surface area contributed by atoms with Gasteiger partial charge < -0.3 is 24.6 Å². The summed E-state index contributed by atoms with van der Waals surface area (Å²) >= 11 is 0. The summed E-state index contributed by atoms with van der Waals surface area (Å²) in [5, 5.41) is 16.3. The molecule has 2 amide bonds. The molecule has 162 valence electrons. The summed E-state index contributed by atoms with van der Waals surface area (Å²) in [4.78, 5) is 26.4. The number of carbonyl (C=O) groups excluding carboxylic acids is 2. The number of nitrogens with zero attached hydrogens (tertiary/aromatic N) is 2. The van der Waals surface area contributed by atoms with Gasteiger partial charge in [-0.15, -0.1) is 13.2 Å². The van der Waals surface area contributed by atoms with E-state index >= 15 is 0 Å². The Balaban J connectivity index is 1.57. The standard InChI is InChI=1S/C19H20F3N3O5/c1-11-6-15(30-24-11)8-17(27)25-10-13(26)7-16(25)18(28)23-9-12-2-4-14(5-3-12)29-19(20,21)22/h2-6,13,16,26H,7-10H2,1H3,(H,23,28)/t13-,16+/m1/s1. The molecule has 2 aromatic rings. The fraction of sp³-hybridized carbons (Fsp3) is 0.421. The highest BCUT2D eigenvalue weighted by atomic mass is 19.4. The maximum atomic E-state index is 12.6. The van der Waals surface area contributed by atoms with E-state index in [1.807, 2.05) is 0 Å². The van der Waals surface area contributed by atoms with Gasteiger partial charge in [-0.2, -0.15) is 0 Å². The van der Waals surface area contributed by atoms with E-state index in [0.29, 0.717) is 17.0 Å². The van der Waals surface area contributed by atoms with Gasteiger partial charge in [0.1, 0.15) is 17.6 Å². The van der Waals surface area contributed by atoms with Crippen LogP contribution in [0, 0.1) is 6.92 Å². The lowest BCUT2D eigenvalue weighted by atomic mass is 10.1. The molecule has 1 aromatic heterocycles. The van der Waals surface area contributed by atoms with E-state index in [0.717, 1.165) is 12.1 Å². The number of ether oxygens (including phenoxy) is 1. The lowest BCUT2D eigenvalue weighted by molar-refractivity contribution is -0.274. The molecule has 0 radical (unpaired) electrons. The van der Waals surface area contributed by atoms with E-state index in [9.17, 15) is 27.9 Å². The van der Waals surface area contributed by atoms with E-state index in [-0.39, 0.29) is 37.6 Å². The van der Waals surface area contributed by atoms with Gasteiger partial charge in [0.25, 0.3) is 0 Å². The molecule has 0 aliphatic carbocycles. The molecule has 0 unspecified atom stereocenters. The van der Waals surface area contributed by atoms with Gasteiger partial charge in [0.2, 0.25) is 11.8 Å². The predicted octanol–water partition coefficient (Wildman–Crippen LogP) is 1.70. The third-order valence-electron chi connectivity index (χ3n) is 4.53. The topological polar surface area (TPSA) is 105 Å². The number of aliphatic hydroxyl groups is 1. The zero-order valence-corrected chi connectivity index (χ0v) is 16.0. The summed E-state index contributed by atoms with van der Waals surface area (Å²) in [5.41, 5.74) is 1.17. The fourth-order valence-electron chi connectivity index (χ4n) is 3.20. The van der Waals surface area contributed by atoms with Crippen LogP contribution in [0.4, 0.5) is 13.2 Å². The number of alkyl halides is 3. The van der Waals surface area contributed by atoms with Crippen LogP contribution in [0.5, 0.6) is 5.75 Å². The average molecular weight is 427 g/mol. The third kappa shape index (κ3) is 5.72. The molecule has 0 bridgehead atoms. The minimum atomic E-state index is -4.78. The Morgan fingerprint density at radius 1 is 1.33 bits per heavy atom. The number of β-amino-alcohol motifs (C(OH)–C–C–N with tert-alkyl or cyclic N) is 1. The number of benzene rings is 1. The number of aliphatic hydroxyl groups excluding tert-OH is 1. The number of rotatable bonds is 6. The van der Waals surface area contributed by atoms with Crippen LogP contribution in [0.1, 0.15) is 23.4 Å². The van der Waals surface area contributed by atoms with Gasteiger partial charge in [-0.3, -0.25) is 9.59 Å². The second-order valence-electron chi connectivity index (χ2n) is 6.97. The Kier molecular flexibility index (Phi) is 6.30. The Bertz CT molecular complexity index is 898. The lowest BCUT2D eigenvalue weighted by Crippen LogP contribution is -2.46. The second kappa shape index (κ2) is 8.74. The van der Waals surface area contributed by atoms with Crippen molar-refractivity contribution in [3.63, 3.8) is 0 Å². The zero-order valence-electron chi connectivity index (χ0n) is 16.0. The monoisotopic (exact) mass is 427 g/mol. The quantitative estimate of drug-likeness (QED) is 0.727. The molecule has 30 heavy (non-hydrogen) atoms. The normalized spacial score (nSPS) is 19.0. The molecule has 0 spiro atoms. The van der Waals surface area contributed by atoms with E-state index in [4.69, 9.17) is 4.52 Å². The number of halogens is 3. The Morgan fingerprint density at radius 2 is 2.03 bits per heavy atom. The molecule has 1 saturated heterocycles. The largest absolute Gasteiger partial charge is 0.573 e. The molecular formula is C19H20F3N3O5. The van der Waals surface area contributed by atoms with Gasteiger partial charge in [-0.05, 0) is 24.6 Å². The van der Waals surface area contributed by atoms with Crippen molar-refractivity contribution in [2.75, 3.05) is 6.54 Å². The maximum absolute atomic E-state index is 12.6. The van der Waals surface area contributed by atoms with Crippen LogP contribution in [0.2, 0.25) is 0 Å². The van der Waals surface area contributed by atoms with Crippen molar-refractivity contribution in [2.24, 2.45) is 0 Å². The predicted molar refractivity (Wildman–Crippen MR) is 96.0 cm³/mol. The van der Waals surface area contributed by atoms with Crippen molar-refractivity contribution in [3.05, 3.63) is 47.3 Å². The van der Waals surface area contributed by atoms with Crippen molar-refractivity contribution in [2.45, 2.75) is 44.8 Å². The number of hydrogen-bond acceptors (Lipinski definition) is 6. The van der Waals surface area contributed by atoms with E-state index in [1.54, 1.807) is 13.0 Å². The average Bonchev–Trinajstić information content (AvgIpc) is 3.25. The van der Waals surface area contributed by atoms with Gasteiger partial charge >= 0.3 is 6.36 Å². The van der Waals surface area contributed by atoms with Crippen LogP contribution < -0.4 is 10.1 Å². The van der Waals surface area contributed by atoms with Crippen molar-refractivity contribution in [3.8, 4) is 5.75 Å². The molecule has 1 aliphatic heterocycles. The van der Waals surface area contributed by atoms with Gasteiger partial charge in [-0.25, -0.2) is 0 Å². The first-order chi connectivity index (χ1) is 14.1. The minimum Gasteiger partial charge on any atom is -0.406 e. The molecule has 2 N–H and O–H groups in total. The molecule has 1 aliphatic rings. The molecule has 1 aromatic carbocycles. The molecule has 2 atom stereocenters. The van der Waals surface area contributed by atoms with Crippen LogP contribution >= 0.6 is 0 Å². The van der Waals surface area contributed by atoms with Gasteiger partial charge in [-0.1, -0.05) is 17.3 Å². The van der Waals surface area contributed by atoms with Crippen molar-refractivity contribution in [1.82, 2.24) is 15.4 Å². The number of carbonyl (C=O) groups is 2. The van der Waals surface area contributed by atoms with Crippen molar-refractivity contribution >= 4 is 11.8 Å². The number of aromatic nitrogens is 1. The summed E-state index contributed by atoms with van der Waals surface area (Å²) < 4.78 is 45.4. The smallest absolute Gasteiger partial charge is 0.406 e.